The Bertz CT molecular complexity index is 742. The summed E-state index contributed by atoms with van der Waals surface area (Å²) in [6.07, 6.45) is 3.63. The van der Waals surface area contributed by atoms with E-state index in [0.29, 0.717) is 22.9 Å². The summed E-state index contributed by atoms with van der Waals surface area (Å²) in [5.41, 5.74) is 3.37. The van der Waals surface area contributed by atoms with Gasteiger partial charge in [0.2, 0.25) is 0 Å². The fourth-order valence-electron chi connectivity index (χ4n) is 1.93. The lowest BCUT2D eigenvalue weighted by Gasteiger charge is -2.05. The maximum atomic E-state index is 5.15. The lowest BCUT2D eigenvalue weighted by atomic mass is 10.2. The van der Waals surface area contributed by atoms with Crippen LogP contribution in [-0.4, -0.2) is 38.3 Å². The third-order valence-electron chi connectivity index (χ3n) is 2.82. The highest BCUT2D eigenvalue weighted by molar-refractivity contribution is 7.98. The van der Waals surface area contributed by atoms with Gasteiger partial charge in [0, 0.05) is 7.11 Å². The van der Waals surface area contributed by atoms with Crippen LogP contribution in [0.2, 0.25) is 0 Å². The van der Waals surface area contributed by atoms with Crippen LogP contribution >= 0.6 is 11.8 Å². The Balaban J connectivity index is 2.11. The average molecular weight is 287 g/mol. The second-order valence-electron chi connectivity index (χ2n) is 4.17. The van der Waals surface area contributed by atoms with Crippen molar-refractivity contribution < 1.29 is 4.74 Å². The first-order chi connectivity index (χ1) is 9.81. The van der Waals surface area contributed by atoms with Gasteiger partial charge in [-0.15, -0.1) is 5.10 Å². The van der Waals surface area contributed by atoms with Crippen molar-refractivity contribution in [3.05, 3.63) is 36.0 Å². The van der Waals surface area contributed by atoms with Crippen molar-refractivity contribution in [2.45, 2.75) is 11.8 Å². The van der Waals surface area contributed by atoms with Crippen LogP contribution < -0.4 is 0 Å². The molecule has 0 bridgehead atoms. The SMILES string of the molecule is COCc1cccc(-n2nnc3cnc(SC)nc32)c1. The lowest BCUT2D eigenvalue weighted by molar-refractivity contribution is 0.185. The highest BCUT2D eigenvalue weighted by Gasteiger charge is 2.10. The van der Waals surface area contributed by atoms with Gasteiger partial charge in [0.25, 0.3) is 0 Å². The molecule has 102 valence electrons. The smallest absolute Gasteiger partial charge is 0.189 e. The van der Waals surface area contributed by atoms with Gasteiger partial charge in [-0.1, -0.05) is 29.1 Å². The summed E-state index contributed by atoms with van der Waals surface area (Å²) in [5, 5.41) is 8.95. The van der Waals surface area contributed by atoms with Crippen LogP contribution in [0, 0.1) is 0 Å². The van der Waals surface area contributed by atoms with Crippen LogP contribution in [0.4, 0.5) is 0 Å². The van der Waals surface area contributed by atoms with Gasteiger partial charge in [0.05, 0.1) is 18.5 Å². The van der Waals surface area contributed by atoms with Gasteiger partial charge in [-0.05, 0) is 24.0 Å². The maximum Gasteiger partial charge on any atom is 0.189 e. The van der Waals surface area contributed by atoms with Gasteiger partial charge in [0.1, 0.15) is 0 Å². The van der Waals surface area contributed by atoms with Crippen LogP contribution in [0.5, 0.6) is 0 Å². The number of fused-ring (bicyclic) bond motifs is 1. The molecule has 0 atom stereocenters. The summed E-state index contributed by atoms with van der Waals surface area (Å²) in [6, 6.07) is 7.95. The Labute approximate surface area is 120 Å². The van der Waals surface area contributed by atoms with E-state index >= 15 is 0 Å². The first-order valence-electron chi connectivity index (χ1n) is 6.02. The molecule has 0 aliphatic rings. The van der Waals surface area contributed by atoms with E-state index in [4.69, 9.17) is 4.74 Å². The molecule has 3 aromatic rings. The fraction of sp³-hybridized carbons (Fsp3) is 0.231. The molecule has 0 saturated carbocycles. The highest BCUT2D eigenvalue weighted by atomic mass is 32.2. The van der Waals surface area contributed by atoms with Crippen LogP contribution in [0.15, 0.2) is 35.6 Å². The van der Waals surface area contributed by atoms with E-state index in [1.165, 1.54) is 11.8 Å². The lowest BCUT2D eigenvalue weighted by Crippen LogP contribution is -2.00. The molecule has 2 heterocycles. The molecule has 0 spiro atoms. The van der Waals surface area contributed by atoms with Gasteiger partial charge in [-0.3, -0.25) is 0 Å². The molecular formula is C13H13N5OS. The van der Waals surface area contributed by atoms with Crippen LogP contribution in [0.25, 0.3) is 16.9 Å². The van der Waals surface area contributed by atoms with Crippen molar-refractivity contribution in [1.29, 1.82) is 0 Å². The number of hydrogen-bond donors (Lipinski definition) is 0. The Kier molecular flexibility index (Phi) is 3.62. The van der Waals surface area contributed by atoms with E-state index in [2.05, 4.69) is 20.3 Å². The Hall–Kier alpha value is -1.99. The third kappa shape index (κ3) is 2.37. The molecule has 1 aromatic carbocycles. The number of benzene rings is 1. The molecule has 0 aliphatic heterocycles. The molecule has 6 nitrogen and oxygen atoms in total. The predicted molar refractivity (Wildman–Crippen MR) is 76.9 cm³/mol. The number of hydrogen-bond acceptors (Lipinski definition) is 6. The minimum absolute atomic E-state index is 0.561. The van der Waals surface area contributed by atoms with E-state index in [1.54, 1.807) is 18.0 Å². The molecule has 0 saturated heterocycles. The Morgan fingerprint density at radius 3 is 3.05 bits per heavy atom. The van der Waals surface area contributed by atoms with Gasteiger partial charge in [-0.25, -0.2) is 9.97 Å². The average Bonchev–Trinajstić information content (AvgIpc) is 2.90. The highest BCUT2D eigenvalue weighted by Crippen LogP contribution is 2.17. The van der Waals surface area contributed by atoms with Gasteiger partial charge >= 0.3 is 0 Å². The van der Waals surface area contributed by atoms with E-state index in [-0.39, 0.29) is 0 Å². The van der Waals surface area contributed by atoms with E-state index in [1.807, 2.05) is 30.5 Å². The molecule has 3 rings (SSSR count). The monoisotopic (exact) mass is 287 g/mol. The van der Waals surface area contributed by atoms with E-state index in [9.17, 15) is 0 Å². The number of nitrogens with zero attached hydrogens (tertiary/aromatic N) is 5. The summed E-state index contributed by atoms with van der Waals surface area (Å²) >= 11 is 1.49. The zero-order valence-corrected chi connectivity index (χ0v) is 12.0. The zero-order chi connectivity index (χ0) is 13.9. The summed E-state index contributed by atoms with van der Waals surface area (Å²) in [7, 11) is 1.68. The predicted octanol–water partition coefficient (Wildman–Crippen LogP) is 2.08. The Morgan fingerprint density at radius 1 is 1.35 bits per heavy atom. The normalized spacial score (nSPS) is 11.1. The molecule has 0 unspecified atom stereocenters. The number of aromatic nitrogens is 5. The molecule has 0 N–H and O–H groups in total. The largest absolute Gasteiger partial charge is 0.380 e. The topological polar surface area (TPSA) is 65.7 Å². The molecule has 0 aliphatic carbocycles. The summed E-state index contributed by atoms with van der Waals surface area (Å²) in [6.45, 7) is 0.561. The number of methoxy groups -OCH3 is 1. The van der Waals surface area contributed by atoms with E-state index in [0.717, 1.165) is 11.3 Å². The van der Waals surface area contributed by atoms with Crippen molar-refractivity contribution >= 4 is 22.9 Å². The molecule has 0 radical (unpaired) electrons. The molecule has 7 heteroatoms. The minimum atomic E-state index is 0.561. The van der Waals surface area contributed by atoms with Crippen molar-refractivity contribution in [3.63, 3.8) is 0 Å². The minimum Gasteiger partial charge on any atom is -0.380 e. The quantitative estimate of drug-likeness (QED) is 0.540. The molecule has 20 heavy (non-hydrogen) atoms. The van der Waals surface area contributed by atoms with Gasteiger partial charge in [-0.2, -0.15) is 4.68 Å². The van der Waals surface area contributed by atoms with Crippen LogP contribution in [0.1, 0.15) is 5.56 Å². The van der Waals surface area contributed by atoms with Gasteiger partial charge < -0.3 is 4.74 Å². The van der Waals surface area contributed by atoms with Crippen LogP contribution in [0.3, 0.4) is 0 Å². The fourth-order valence-corrected chi connectivity index (χ4v) is 2.27. The van der Waals surface area contributed by atoms with Crippen molar-refractivity contribution in [2.75, 3.05) is 13.4 Å². The van der Waals surface area contributed by atoms with E-state index < -0.39 is 0 Å². The summed E-state index contributed by atoms with van der Waals surface area (Å²) in [5.74, 6) is 0. The second-order valence-corrected chi connectivity index (χ2v) is 4.94. The second kappa shape index (κ2) is 5.56. The summed E-state index contributed by atoms with van der Waals surface area (Å²) in [4.78, 5) is 8.66. The Morgan fingerprint density at radius 2 is 2.25 bits per heavy atom. The van der Waals surface area contributed by atoms with Crippen molar-refractivity contribution in [2.24, 2.45) is 0 Å². The third-order valence-corrected chi connectivity index (χ3v) is 3.38. The first kappa shape index (κ1) is 13.0. The molecule has 2 aromatic heterocycles. The van der Waals surface area contributed by atoms with Crippen LogP contribution in [-0.2, 0) is 11.3 Å². The molecule has 0 amide bonds. The van der Waals surface area contributed by atoms with Gasteiger partial charge in [0.15, 0.2) is 16.3 Å². The maximum absolute atomic E-state index is 5.15. The summed E-state index contributed by atoms with van der Waals surface area (Å²) < 4.78 is 6.87. The van der Waals surface area contributed by atoms with Crippen molar-refractivity contribution in [3.8, 4) is 5.69 Å². The first-order valence-corrected chi connectivity index (χ1v) is 7.25. The number of rotatable bonds is 4. The number of thioether (sulfide) groups is 1. The number of ether oxygens (including phenoxy) is 1. The van der Waals surface area contributed by atoms with Crippen molar-refractivity contribution in [1.82, 2.24) is 25.0 Å². The molecular weight excluding hydrogens is 274 g/mol. The zero-order valence-electron chi connectivity index (χ0n) is 11.1. The standard InChI is InChI=1S/C13H13N5OS/c1-19-8-9-4-3-5-10(6-9)18-12-11(16-17-18)7-14-13(15-12)20-2/h3-7H,8H2,1-2H3. The molecule has 0 fully saturated rings.